The number of aliphatic hydroxyl groups excluding tert-OH is 1. The van der Waals surface area contributed by atoms with Gasteiger partial charge < -0.3 is 25.6 Å². The summed E-state index contributed by atoms with van der Waals surface area (Å²) in [5.74, 6) is -1.89. The van der Waals surface area contributed by atoms with Gasteiger partial charge >= 0.3 is 12.1 Å². The zero-order valence-electron chi connectivity index (χ0n) is 16.4. The molecule has 10 heteroatoms. The van der Waals surface area contributed by atoms with Gasteiger partial charge in [-0.15, -0.1) is 0 Å². The molecule has 0 unspecified atom stereocenters. The molecule has 0 spiro atoms. The fourth-order valence-corrected chi connectivity index (χ4v) is 3.24. The first-order chi connectivity index (χ1) is 14.7. The van der Waals surface area contributed by atoms with E-state index in [4.69, 9.17) is 16.3 Å². The number of halogens is 2. The molecular formula is C21H22BrClN2O6. The van der Waals surface area contributed by atoms with Crippen LogP contribution >= 0.6 is 27.5 Å². The minimum Gasteiger partial charge on any atom is -0.480 e. The molecule has 0 aliphatic heterocycles. The third kappa shape index (κ3) is 8.95. The number of hydrogen-bond donors (Lipinski definition) is 4. The van der Waals surface area contributed by atoms with E-state index in [9.17, 15) is 24.6 Å². The van der Waals surface area contributed by atoms with Crippen LogP contribution in [-0.2, 0) is 27.4 Å². The molecule has 0 bridgehead atoms. The van der Waals surface area contributed by atoms with E-state index in [0.29, 0.717) is 15.1 Å². The Morgan fingerprint density at radius 1 is 1.13 bits per heavy atom. The molecule has 4 N–H and O–H groups in total. The van der Waals surface area contributed by atoms with Crippen molar-refractivity contribution in [2.45, 2.75) is 31.6 Å². The molecule has 0 saturated heterocycles. The highest BCUT2D eigenvalue weighted by atomic mass is 79.9. The maximum absolute atomic E-state index is 12.1. The number of carbonyl (C=O) groups excluding carboxylic acids is 2. The van der Waals surface area contributed by atoms with Crippen molar-refractivity contribution >= 4 is 45.5 Å². The van der Waals surface area contributed by atoms with Gasteiger partial charge in [-0.05, 0) is 29.3 Å². The molecule has 0 saturated carbocycles. The van der Waals surface area contributed by atoms with Gasteiger partial charge in [-0.2, -0.15) is 0 Å². The summed E-state index contributed by atoms with van der Waals surface area (Å²) < 4.78 is 5.67. The van der Waals surface area contributed by atoms with E-state index in [1.807, 2.05) is 18.2 Å². The molecule has 2 atom stereocenters. The lowest BCUT2D eigenvalue weighted by atomic mass is 10.1. The molecule has 2 amide bonds. The van der Waals surface area contributed by atoms with E-state index in [1.54, 1.807) is 30.3 Å². The molecule has 0 aliphatic carbocycles. The molecule has 0 radical (unpaired) electrons. The highest BCUT2D eigenvalue weighted by Crippen LogP contribution is 2.22. The van der Waals surface area contributed by atoms with Crippen molar-refractivity contribution in [1.82, 2.24) is 10.6 Å². The molecule has 2 aromatic carbocycles. The Kier molecular flexibility index (Phi) is 9.77. The second-order valence-electron chi connectivity index (χ2n) is 6.70. The van der Waals surface area contributed by atoms with Crippen molar-refractivity contribution in [3.8, 4) is 0 Å². The van der Waals surface area contributed by atoms with Crippen LogP contribution in [0.25, 0.3) is 0 Å². The Balaban J connectivity index is 1.77. The number of hydrogen-bond acceptors (Lipinski definition) is 5. The predicted molar refractivity (Wildman–Crippen MR) is 118 cm³/mol. The lowest BCUT2D eigenvalue weighted by molar-refractivity contribution is -0.142. The van der Waals surface area contributed by atoms with E-state index in [-0.39, 0.29) is 26.0 Å². The van der Waals surface area contributed by atoms with Crippen LogP contribution in [0.3, 0.4) is 0 Å². The third-order valence-electron chi connectivity index (χ3n) is 4.18. The van der Waals surface area contributed by atoms with Gasteiger partial charge in [0, 0.05) is 22.5 Å². The Bertz CT molecular complexity index is 912. The van der Waals surface area contributed by atoms with Crippen LogP contribution < -0.4 is 10.6 Å². The first-order valence-corrected chi connectivity index (χ1v) is 10.5. The zero-order valence-corrected chi connectivity index (χ0v) is 18.7. The second-order valence-corrected chi connectivity index (χ2v) is 7.99. The first kappa shape index (κ1) is 24.6. The molecule has 166 valence electrons. The summed E-state index contributed by atoms with van der Waals surface area (Å²) >= 11 is 9.26. The van der Waals surface area contributed by atoms with Crippen LogP contribution in [0.4, 0.5) is 4.79 Å². The van der Waals surface area contributed by atoms with Crippen LogP contribution in [0.5, 0.6) is 0 Å². The number of aliphatic carboxylic acids is 1. The van der Waals surface area contributed by atoms with E-state index in [0.717, 1.165) is 5.56 Å². The smallest absolute Gasteiger partial charge is 0.407 e. The lowest BCUT2D eigenvalue weighted by Crippen LogP contribution is -2.44. The van der Waals surface area contributed by atoms with Crippen molar-refractivity contribution in [2.24, 2.45) is 0 Å². The Hall–Kier alpha value is -2.62. The highest BCUT2D eigenvalue weighted by Gasteiger charge is 2.23. The third-order valence-corrected chi connectivity index (χ3v) is 5.19. The van der Waals surface area contributed by atoms with Crippen molar-refractivity contribution in [3.05, 3.63) is 69.2 Å². The number of aliphatic hydroxyl groups is 1. The largest absolute Gasteiger partial charge is 0.480 e. The maximum Gasteiger partial charge on any atom is 0.407 e. The SMILES string of the molecule is O=C(C[C@@H](O)CNC(=O)OCc1ccccc1)N[C@H](Cc1cc(Cl)ccc1Br)C(=O)O. The van der Waals surface area contributed by atoms with Crippen molar-refractivity contribution in [1.29, 1.82) is 0 Å². The average Bonchev–Trinajstić information content (AvgIpc) is 2.73. The van der Waals surface area contributed by atoms with Crippen LogP contribution in [0, 0.1) is 0 Å². The number of nitrogens with one attached hydrogen (secondary N) is 2. The van der Waals surface area contributed by atoms with Crippen molar-refractivity contribution in [2.75, 3.05) is 6.54 Å². The maximum atomic E-state index is 12.1. The topological polar surface area (TPSA) is 125 Å². The van der Waals surface area contributed by atoms with Crippen molar-refractivity contribution in [3.63, 3.8) is 0 Å². The molecule has 2 aromatic rings. The summed E-state index contributed by atoms with van der Waals surface area (Å²) in [4.78, 5) is 35.4. The fraction of sp³-hybridized carbons (Fsp3) is 0.286. The monoisotopic (exact) mass is 512 g/mol. The van der Waals surface area contributed by atoms with E-state index < -0.39 is 30.1 Å². The zero-order chi connectivity index (χ0) is 22.8. The normalized spacial score (nSPS) is 12.5. The molecule has 0 aromatic heterocycles. The second kappa shape index (κ2) is 12.3. The Morgan fingerprint density at radius 2 is 1.84 bits per heavy atom. The minimum atomic E-state index is -1.22. The molecule has 0 heterocycles. The van der Waals surface area contributed by atoms with Gasteiger partial charge in [0.05, 0.1) is 12.5 Å². The molecule has 0 aliphatic rings. The van der Waals surface area contributed by atoms with Gasteiger partial charge in [-0.3, -0.25) is 4.79 Å². The summed E-state index contributed by atoms with van der Waals surface area (Å²) in [6.07, 6.45) is -2.34. The Morgan fingerprint density at radius 3 is 2.52 bits per heavy atom. The number of carboxylic acids is 1. The van der Waals surface area contributed by atoms with Crippen LogP contribution in [0.2, 0.25) is 5.02 Å². The number of amides is 2. The quantitative estimate of drug-likeness (QED) is 0.387. The first-order valence-electron chi connectivity index (χ1n) is 9.33. The Labute approximate surface area is 192 Å². The predicted octanol–water partition coefficient (Wildman–Crippen LogP) is 2.89. The molecule has 8 nitrogen and oxygen atoms in total. The number of benzene rings is 2. The summed E-state index contributed by atoms with van der Waals surface area (Å²) in [6.45, 7) is -0.152. The summed E-state index contributed by atoms with van der Waals surface area (Å²) in [7, 11) is 0. The van der Waals surface area contributed by atoms with Crippen LogP contribution in [-0.4, -0.2) is 46.9 Å². The number of carboxylic acid groups (broad SMARTS) is 1. The minimum absolute atomic E-state index is 0.00235. The summed E-state index contributed by atoms with van der Waals surface area (Å²) in [6, 6.07) is 12.8. The number of rotatable bonds is 10. The van der Waals surface area contributed by atoms with Crippen molar-refractivity contribution < 1.29 is 29.3 Å². The standard InChI is InChI=1S/C21H22BrClN2O6/c22-17-7-6-15(23)8-14(17)9-18(20(28)29)25-19(27)10-16(26)11-24-21(30)31-12-13-4-2-1-3-5-13/h1-8,16,18,26H,9-12H2,(H,24,30)(H,25,27)(H,28,29)/t16-,18-/m1/s1. The van der Waals surface area contributed by atoms with Gasteiger partial charge in [-0.1, -0.05) is 57.9 Å². The van der Waals surface area contributed by atoms with Gasteiger partial charge in [0.15, 0.2) is 0 Å². The van der Waals surface area contributed by atoms with E-state index in [1.165, 1.54) is 0 Å². The average molecular weight is 514 g/mol. The lowest BCUT2D eigenvalue weighted by Gasteiger charge is -2.17. The molecule has 31 heavy (non-hydrogen) atoms. The number of ether oxygens (including phenoxy) is 1. The van der Waals surface area contributed by atoms with Gasteiger partial charge in [-0.25, -0.2) is 9.59 Å². The molecular weight excluding hydrogens is 492 g/mol. The summed E-state index contributed by atoms with van der Waals surface area (Å²) in [5.41, 5.74) is 1.42. The van der Waals surface area contributed by atoms with Gasteiger partial charge in [0.25, 0.3) is 0 Å². The van der Waals surface area contributed by atoms with Gasteiger partial charge in [0.1, 0.15) is 12.6 Å². The number of alkyl carbamates (subject to hydrolysis) is 1. The van der Waals surface area contributed by atoms with E-state index >= 15 is 0 Å². The van der Waals surface area contributed by atoms with Gasteiger partial charge in [0.2, 0.25) is 5.91 Å². The number of carbonyl (C=O) groups is 3. The fourth-order valence-electron chi connectivity index (χ4n) is 2.63. The molecule has 0 fully saturated rings. The van der Waals surface area contributed by atoms with Crippen LogP contribution in [0.15, 0.2) is 53.0 Å². The van der Waals surface area contributed by atoms with E-state index in [2.05, 4.69) is 26.6 Å². The molecule has 2 rings (SSSR count). The highest BCUT2D eigenvalue weighted by molar-refractivity contribution is 9.10. The summed E-state index contributed by atoms with van der Waals surface area (Å²) in [5, 5.41) is 24.5. The van der Waals surface area contributed by atoms with Crippen LogP contribution in [0.1, 0.15) is 17.5 Å².